The van der Waals surface area contributed by atoms with Gasteiger partial charge in [0, 0.05) is 26.2 Å². The van der Waals surface area contributed by atoms with Gasteiger partial charge in [-0.2, -0.15) is 8.82 Å². The highest BCUT2D eigenvalue weighted by molar-refractivity contribution is 7.90. The van der Waals surface area contributed by atoms with Crippen LogP contribution in [-0.2, 0) is 10.0 Å². The first-order valence-electron chi connectivity index (χ1n) is 7.55. The van der Waals surface area contributed by atoms with Gasteiger partial charge in [-0.05, 0) is 31.4 Å². The number of sulfonamides is 1. The molecule has 2 aromatic heterocycles. The molecule has 1 saturated carbocycles. The van der Waals surface area contributed by atoms with Crippen LogP contribution in [-0.4, -0.2) is 64.0 Å². The molecular formula is C13H18N6O2S. The topological polar surface area (TPSA) is 83.7 Å². The summed E-state index contributed by atoms with van der Waals surface area (Å²) in [6.07, 6.45) is 4.01. The van der Waals surface area contributed by atoms with Crippen molar-refractivity contribution in [3.05, 3.63) is 18.5 Å². The molecule has 0 aromatic carbocycles. The number of rotatable bonds is 3. The third-order valence-corrected chi connectivity index (χ3v) is 6.63. The van der Waals surface area contributed by atoms with Gasteiger partial charge in [-0.25, -0.2) is 8.42 Å². The summed E-state index contributed by atoms with van der Waals surface area (Å²) in [5.41, 5.74) is 0.705. The third-order valence-electron chi connectivity index (χ3n) is 4.23. The van der Waals surface area contributed by atoms with Gasteiger partial charge in [0.2, 0.25) is 10.0 Å². The molecule has 118 valence electrons. The summed E-state index contributed by atoms with van der Waals surface area (Å²) in [5, 5.41) is 12.1. The van der Waals surface area contributed by atoms with Crippen molar-refractivity contribution < 1.29 is 8.42 Å². The second-order valence-electron chi connectivity index (χ2n) is 5.81. The molecule has 0 spiro atoms. The van der Waals surface area contributed by atoms with Gasteiger partial charge < -0.3 is 4.90 Å². The number of fused-ring (bicyclic) bond motifs is 1. The molecule has 1 aliphatic heterocycles. The fraction of sp³-hybridized carbons (Fsp3) is 0.615. The fourth-order valence-corrected chi connectivity index (χ4v) is 4.71. The van der Waals surface area contributed by atoms with E-state index in [1.807, 2.05) is 12.1 Å². The molecule has 0 radical (unpaired) electrons. The van der Waals surface area contributed by atoms with Gasteiger partial charge in [0.05, 0.1) is 5.25 Å². The highest BCUT2D eigenvalue weighted by Gasteiger charge is 2.40. The van der Waals surface area contributed by atoms with Crippen LogP contribution in [0.1, 0.15) is 19.3 Å². The molecule has 0 bridgehead atoms. The van der Waals surface area contributed by atoms with E-state index in [2.05, 4.69) is 20.2 Å². The molecular weight excluding hydrogens is 304 g/mol. The smallest absolute Gasteiger partial charge is 0.217 e. The van der Waals surface area contributed by atoms with Crippen molar-refractivity contribution in [3.8, 4) is 0 Å². The predicted molar refractivity (Wildman–Crippen MR) is 81.1 cm³/mol. The van der Waals surface area contributed by atoms with E-state index in [-0.39, 0.29) is 5.25 Å². The maximum absolute atomic E-state index is 12.4. The molecule has 1 aliphatic carbocycles. The quantitative estimate of drug-likeness (QED) is 0.798. The van der Waals surface area contributed by atoms with Crippen LogP contribution in [0, 0.1) is 0 Å². The van der Waals surface area contributed by atoms with Crippen molar-refractivity contribution in [2.24, 2.45) is 0 Å². The Morgan fingerprint density at radius 3 is 2.77 bits per heavy atom. The van der Waals surface area contributed by atoms with Crippen molar-refractivity contribution >= 4 is 21.5 Å². The van der Waals surface area contributed by atoms with Crippen molar-refractivity contribution in [2.75, 3.05) is 31.1 Å². The lowest BCUT2D eigenvalue weighted by atomic mass is 10.4. The van der Waals surface area contributed by atoms with Crippen molar-refractivity contribution in [3.63, 3.8) is 0 Å². The molecule has 2 fully saturated rings. The van der Waals surface area contributed by atoms with Gasteiger partial charge in [-0.15, -0.1) is 15.3 Å². The van der Waals surface area contributed by atoms with Gasteiger partial charge >= 0.3 is 0 Å². The molecule has 2 aliphatic rings. The number of anilines is 1. The van der Waals surface area contributed by atoms with Crippen LogP contribution in [0.4, 0.5) is 5.82 Å². The van der Waals surface area contributed by atoms with Crippen molar-refractivity contribution in [1.82, 2.24) is 24.1 Å². The standard InChI is InChI=1S/C13H18N6O2S/c20-22(21,11-2-3-11)18-7-1-6-17(8-9-18)13-5-4-12-15-14-10-19(12)16-13/h4-5,10-11H,1-3,6-9H2. The van der Waals surface area contributed by atoms with Gasteiger partial charge in [-0.1, -0.05) is 0 Å². The van der Waals surface area contributed by atoms with Crippen molar-refractivity contribution in [2.45, 2.75) is 24.5 Å². The summed E-state index contributed by atoms with van der Waals surface area (Å²) in [6.45, 7) is 2.59. The first-order valence-corrected chi connectivity index (χ1v) is 9.06. The SMILES string of the molecule is O=S(=O)(C1CC1)N1CCCN(c2ccc3nncn3n2)CC1. The normalized spacial score (nSPS) is 21.2. The highest BCUT2D eigenvalue weighted by Crippen LogP contribution is 2.31. The summed E-state index contributed by atoms with van der Waals surface area (Å²) in [7, 11) is -3.08. The van der Waals surface area contributed by atoms with Gasteiger partial charge in [0.25, 0.3) is 0 Å². The van der Waals surface area contributed by atoms with Crippen LogP contribution in [0.2, 0.25) is 0 Å². The van der Waals surface area contributed by atoms with Crippen LogP contribution in [0.5, 0.6) is 0 Å². The summed E-state index contributed by atoms with van der Waals surface area (Å²) in [6, 6.07) is 3.79. The minimum atomic E-state index is -3.08. The summed E-state index contributed by atoms with van der Waals surface area (Å²) < 4.78 is 28.0. The first kappa shape index (κ1) is 13.9. The molecule has 22 heavy (non-hydrogen) atoms. The minimum Gasteiger partial charge on any atom is -0.354 e. The van der Waals surface area contributed by atoms with E-state index in [4.69, 9.17) is 0 Å². The fourth-order valence-electron chi connectivity index (χ4n) is 2.84. The number of nitrogens with zero attached hydrogens (tertiary/aromatic N) is 6. The van der Waals surface area contributed by atoms with E-state index in [0.29, 0.717) is 25.3 Å². The average molecular weight is 322 g/mol. The van der Waals surface area contributed by atoms with Gasteiger partial charge in [-0.3, -0.25) is 0 Å². The monoisotopic (exact) mass is 322 g/mol. The molecule has 3 heterocycles. The largest absolute Gasteiger partial charge is 0.354 e. The molecule has 0 N–H and O–H groups in total. The van der Waals surface area contributed by atoms with Crippen LogP contribution >= 0.6 is 0 Å². The Balaban J connectivity index is 1.52. The molecule has 0 atom stereocenters. The molecule has 8 nitrogen and oxygen atoms in total. The molecule has 0 unspecified atom stereocenters. The van der Waals surface area contributed by atoms with E-state index in [1.165, 1.54) is 0 Å². The Morgan fingerprint density at radius 1 is 1.09 bits per heavy atom. The van der Waals surface area contributed by atoms with E-state index in [0.717, 1.165) is 31.6 Å². The lowest BCUT2D eigenvalue weighted by Gasteiger charge is -2.22. The molecule has 9 heteroatoms. The van der Waals surface area contributed by atoms with Crippen LogP contribution < -0.4 is 4.90 Å². The zero-order valence-electron chi connectivity index (χ0n) is 12.2. The highest BCUT2D eigenvalue weighted by atomic mass is 32.2. The maximum Gasteiger partial charge on any atom is 0.217 e. The molecule has 4 rings (SSSR count). The molecule has 2 aromatic rings. The Hall–Kier alpha value is -1.74. The van der Waals surface area contributed by atoms with Crippen LogP contribution in [0.25, 0.3) is 5.65 Å². The Kier molecular flexibility index (Phi) is 3.26. The third kappa shape index (κ3) is 2.44. The van der Waals surface area contributed by atoms with E-state index >= 15 is 0 Å². The Morgan fingerprint density at radius 2 is 1.95 bits per heavy atom. The number of hydrogen-bond donors (Lipinski definition) is 0. The van der Waals surface area contributed by atoms with Crippen LogP contribution in [0.3, 0.4) is 0 Å². The molecule has 1 saturated heterocycles. The second kappa shape index (κ2) is 5.17. The van der Waals surface area contributed by atoms with E-state index in [1.54, 1.807) is 15.1 Å². The van der Waals surface area contributed by atoms with Gasteiger partial charge in [0.15, 0.2) is 5.65 Å². The first-order chi connectivity index (χ1) is 10.6. The summed E-state index contributed by atoms with van der Waals surface area (Å²) >= 11 is 0. The Labute approximate surface area is 128 Å². The van der Waals surface area contributed by atoms with Crippen molar-refractivity contribution in [1.29, 1.82) is 0 Å². The lowest BCUT2D eigenvalue weighted by Crippen LogP contribution is -2.37. The Bertz CT molecular complexity index is 785. The summed E-state index contributed by atoms with van der Waals surface area (Å²) in [5.74, 6) is 0.831. The van der Waals surface area contributed by atoms with Crippen LogP contribution in [0.15, 0.2) is 18.5 Å². The second-order valence-corrected chi connectivity index (χ2v) is 8.02. The molecule has 0 amide bonds. The zero-order chi connectivity index (χ0) is 15.2. The van der Waals surface area contributed by atoms with Gasteiger partial charge in [0.1, 0.15) is 12.1 Å². The summed E-state index contributed by atoms with van der Waals surface area (Å²) in [4.78, 5) is 2.13. The lowest BCUT2D eigenvalue weighted by molar-refractivity contribution is 0.432. The van der Waals surface area contributed by atoms with E-state index in [9.17, 15) is 8.42 Å². The zero-order valence-corrected chi connectivity index (χ0v) is 13.0. The predicted octanol–water partition coefficient (Wildman–Crippen LogP) is 0.129. The average Bonchev–Trinajstić information content (AvgIpc) is 3.30. The van der Waals surface area contributed by atoms with E-state index < -0.39 is 10.0 Å². The number of aromatic nitrogens is 4. The number of hydrogen-bond acceptors (Lipinski definition) is 6. The minimum absolute atomic E-state index is 0.134. The maximum atomic E-state index is 12.4.